The molecule has 2 aromatic carbocycles. The Morgan fingerprint density at radius 2 is 1.85 bits per heavy atom. The second kappa shape index (κ2) is 7.60. The smallest absolute Gasteiger partial charge is 0.318 e. The predicted octanol–water partition coefficient (Wildman–Crippen LogP) is 3.32. The minimum Gasteiger partial charge on any atom is -0.493 e. The first-order chi connectivity index (χ1) is 12.8. The first-order valence-electron chi connectivity index (χ1n) is 8.82. The van der Waals surface area contributed by atoms with Crippen LogP contribution in [0.3, 0.4) is 0 Å². The third-order valence-corrected chi connectivity index (χ3v) is 6.08. The second-order valence-electron chi connectivity index (χ2n) is 6.81. The maximum atomic E-state index is 12.7. The molecule has 7 heteroatoms. The highest BCUT2D eigenvalue weighted by Crippen LogP contribution is 2.32. The minimum absolute atomic E-state index is 0.0929. The van der Waals surface area contributed by atoms with Crippen LogP contribution in [0.4, 0.5) is 4.79 Å². The molecular formula is C20H24N2O4S. The van der Waals surface area contributed by atoms with Crippen LogP contribution in [-0.4, -0.2) is 39.3 Å². The lowest BCUT2D eigenvalue weighted by molar-refractivity contribution is 0.183. The molecule has 0 aliphatic carbocycles. The van der Waals surface area contributed by atoms with Gasteiger partial charge in [0.2, 0.25) is 0 Å². The van der Waals surface area contributed by atoms with Gasteiger partial charge in [-0.05, 0) is 30.7 Å². The molecule has 3 rings (SSSR count). The summed E-state index contributed by atoms with van der Waals surface area (Å²) < 4.78 is 28.8. The Morgan fingerprint density at radius 3 is 2.52 bits per heavy atom. The monoisotopic (exact) mass is 388 g/mol. The lowest BCUT2D eigenvalue weighted by Crippen LogP contribution is -2.41. The van der Waals surface area contributed by atoms with Crippen LogP contribution in [0.2, 0.25) is 0 Å². The number of carbonyl (C=O) groups excluding carboxylic acids is 1. The average Bonchev–Trinajstić information content (AvgIpc) is 2.66. The van der Waals surface area contributed by atoms with E-state index in [1.807, 2.05) is 31.2 Å². The molecule has 2 atom stereocenters. The van der Waals surface area contributed by atoms with E-state index in [0.29, 0.717) is 13.0 Å². The number of amides is 2. The number of rotatable bonds is 4. The topological polar surface area (TPSA) is 75.7 Å². The molecule has 2 amide bonds. The number of hydrogen-bond acceptors (Lipinski definition) is 4. The van der Waals surface area contributed by atoms with Crippen molar-refractivity contribution in [3.8, 4) is 5.75 Å². The van der Waals surface area contributed by atoms with Crippen LogP contribution in [0.1, 0.15) is 36.6 Å². The molecule has 0 aromatic heterocycles. The lowest BCUT2D eigenvalue weighted by atomic mass is 10.0. The Balaban J connectivity index is 1.70. The molecule has 0 fully saturated rings. The average molecular weight is 388 g/mol. The Bertz CT molecular complexity index is 925. The van der Waals surface area contributed by atoms with Crippen molar-refractivity contribution < 1.29 is 17.9 Å². The summed E-state index contributed by atoms with van der Waals surface area (Å²) in [6.07, 6.45) is 1.89. The fraction of sp³-hybridized carbons (Fsp3) is 0.350. The van der Waals surface area contributed by atoms with Crippen LogP contribution in [0.25, 0.3) is 0 Å². The fourth-order valence-corrected chi connectivity index (χ4v) is 3.77. The van der Waals surface area contributed by atoms with Gasteiger partial charge in [-0.2, -0.15) is 0 Å². The lowest BCUT2D eigenvalue weighted by Gasteiger charge is -2.31. The summed E-state index contributed by atoms with van der Waals surface area (Å²) >= 11 is 0. The number of ether oxygens (including phenoxy) is 1. The predicted molar refractivity (Wildman–Crippen MR) is 104 cm³/mol. The zero-order valence-corrected chi connectivity index (χ0v) is 16.5. The van der Waals surface area contributed by atoms with E-state index in [-0.39, 0.29) is 23.0 Å². The zero-order valence-electron chi connectivity index (χ0n) is 15.7. The van der Waals surface area contributed by atoms with Gasteiger partial charge in [-0.3, -0.25) is 0 Å². The molecule has 1 aliphatic heterocycles. The Morgan fingerprint density at radius 1 is 1.19 bits per heavy atom. The molecule has 0 bridgehead atoms. The van der Waals surface area contributed by atoms with Crippen LogP contribution in [-0.2, 0) is 9.84 Å². The van der Waals surface area contributed by atoms with Gasteiger partial charge >= 0.3 is 6.03 Å². The molecule has 1 N–H and O–H groups in total. The van der Waals surface area contributed by atoms with Crippen molar-refractivity contribution in [1.29, 1.82) is 0 Å². The minimum atomic E-state index is -3.23. The van der Waals surface area contributed by atoms with Crippen molar-refractivity contribution >= 4 is 15.9 Å². The van der Waals surface area contributed by atoms with E-state index >= 15 is 0 Å². The first kappa shape index (κ1) is 19.2. The number of fused-ring (bicyclic) bond motifs is 1. The van der Waals surface area contributed by atoms with E-state index < -0.39 is 9.84 Å². The van der Waals surface area contributed by atoms with Crippen molar-refractivity contribution in [2.24, 2.45) is 0 Å². The Labute approximate surface area is 160 Å². The molecule has 6 nitrogen and oxygen atoms in total. The van der Waals surface area contributed by atoms with E-state index in [1.165, 1.54) is 6.26 Å². The van der Waals surface area contributed by atoms with Crippen molar-refractivity contribution in [3.05, 3.63) is 59.7 Å². The molecule has 2 aromatic rings. The standard InChI is InChI=1S/C20H24N2O4S/c1-14(15-8-10-16(11-9-15)27(3,24)25)22(2)20(23)21-18-12-13-26-19-7-5-4-6-17(18)19/h4-11,14,18H,12-13H2,1-3H3,(H,21,23)/t14-,18-/m1/s1. The van der Waals surface area contributed by atoms with E-state index in [1.54, 1.807) is 36.2 Å². The highest BCUT2D eigenvalue weighted by molar-refractivity contribution is 7.90. The third kappa shape index (κ3) is 4.24. The van der Waals surface area contributed by atoms with Gasteiger partial charge in [0.25, 0.3) is 0 Å². The van der Waals surface area contributed by atoms with Crippen molar-refractivity contribution in [3.63, 3.8) is 0 Å². The molecule has 27 heavy (non-hydrogen) atoms. The Kier molecular flexibility index (Phi) is 5.41. The highest BCUT2D eigenvalue weighted by atomic mass is 32.2. The van der Waals surface area contributed by atoms with Gasteiger partial charge in [-0.25, -0.2) is 13.2 Å². The molecule has 0 saturated carbocycles. The van der Waals surface area contributed by atoms with Crippen LogP contribution in [0.5, 0.6) is 5.75 Å². The Hall–Kier alpha value is -2.54. The van der Waals surface area contributed by atoms with Gasteiger partial charge in [0, 0.05) is 25.3 Å². The zero-order chi connectivity index (χ0) is 19.6. The normalized spacial score (nSPS) is 17.4. The van der Waals surface area contributed by atoms with Gasteiger partial charge in [-0.15, -0.1) is 0 Å². The number of urea groups is 1. The van der Waals surface area contributed by atoms with E-state index in [0.717, 1.165) is 16.9 Å². The van der Waals surface area contributed by atoms with Crippen LogP contribution in [0, 0.1) is 0 Å². The number of para-hydroxylation sites is 1. The second-order valence-corrected chi connectivity index (χ2v) is 8.82. The number of benzene rings is 2. The van der Waals surface area contributed by atoms with Crippen molar-refractivity contribution in [2.75, 3.05) is 19.9 Å². The van der Waals surface area contributed by atoms with E-state index in [9.17, 15) is 13.2 Å². The van der Waals surface area contributed by atoms with Gasteiger partial charge in [-0.1, -0.05) is 30.3 Å². The van der Waals surface area contributed by atoms with Gasteiger partial charge in [0.15, 0.2) is 9.84 Å². The number of hydrogen-bond donors (Lipinski definition) is 1. The molecule has 0 unspecified atom stereocenters. The summed E-state index contributed by atoms with van der Waals surface area (Å²) in [5, 5.41) is 3.07. The first-order valence-corrected chi connectivity index (χ1v) is 10.7. The molecule has 0 radical (unpaired) electrons. The van der Waals surface area contributed by atoms with Gasteiger partial charge in [0.05, 0.1) is 23.6 Å². The summed E-state index contributed by atoms with van der Waals surface area (Å²) in [4.78, 5) is 14.6. The van der Waals surface area contributed by atoms with Crippen molar-refractivity contribution in [1.82, 2.24) is 10.2 Å². The fourth-order valence-electron chi connectivity index (χ4n) is 3.14. The van der Waals surface area contributed by atoms with Crippen molar-refractivity contribution in [2.45, 2.75) is 30.3 Å². The SMILES string of the molecule is C[C@H](c1ccc(S(C)(=O)=O)cc1)N(C)C(=O)N[C@@H]1CCOc2ccccc21. The molecule has 1 aliphatic rings. The van der Waals surface area contributed by atoms with Gasteiger partial charge < -0.3 is 15.0 Å². The van der Waals surface area contributed by atoms with Crippen LogP contribution >= 0.6 is 0 Å². The summed E-state index contributed by atoms with van der Waals surface area (Å²) in [7, 11) is -1.50. The largest absolute Gasteiger partial charge is 0.493 e. The summed E-state index contributed by atoms with van der Waals surface area (Å²) in [6, 6.07) is 13.9. The molecule has 144 valence electrons. The van der Waals surface area contributed by atoms with E-state index in [4.69, 9.17) is 4.74 Å². The summed E-state index contributed by atoms with van der Waals surface area (Å²) in [5.74, 6) is 0.807. The van der Waals surface area contributed by atoms with Crippen LogP contribution in [0.15, 0.2) is 53.4 Å². The van der Waals surface area contributed by atoms with Crippen LogP contribution < -0.4 is 10.1 Å². The third-order valence-electron chi connectivity index (χ3n) is 4.95. The quantitative estimate of drug-likeness (QED) is 0.872. The van der Waals surface area contributed by atoms with E-state index in [2.05, 4.69) is 5.32 Å². The highest BCUT2D eigenvalue weighted by Gasteiger charge is 2.25. The number of nitrogens with zero attached hydrogens (tertiary/aromatic N) is 1. The molecule has 0 spiro atoms. The molecule has 1 heterocycles. The molecular weight excluding hydrogens is 364 g/mol. The number of carbonyl (C=O) groups is 1. The maximum absolute atomic E-state index is 12.7. The summed E-state index contributed by atoms with van der Waals surface area (Å²) in [5.41, 5.74) is 1.85. The molecule has 0 saturated heterocycles. The maximum Gasteiger partial charge on any atom is 0.318 e. The van der Waals surface area contributed by atoms with Gasteiger partial charge in [0.1, 0.15) is 5.75 Å². The summed E-state index contributed by atoms with van der Waals surface area (Å²) in [6.45, 7) is 2.47. The number of sulfone groups is 1. The number of nitrogens with one attached hydrogen (secondary N) is 1.